The van der Waals surface area contributed by atoms with E-state index in [1.807, 2.05) is 35.0 Å². The average molecular weight is 380 g/mol. The van der Waals surface area contributed by atoms with Gasteiger partial charge in [0.05, 0.1) is 6.10 Å². The Morgan fingerprint density at radius 3 is 3.07 bits per heavy atom. The van der Waals surface area contributed by atoms with E-state index in [1.54, 1.807) is 0 Å². The van der Waals surface area contributed by atoms with Crippen LogP contribution in [0.3, 0.4) is 0 Å². The van der Waals surface area contributed by atoms with Crippen LogP contribution in [0.2, 0.25) is 0 Å². The molecular weight excluding hydrogens is 352 g/mol. The fourth-order valence-corrected chi connectivity index (χ4v) is 4.05. The molecule has 3 aromatic heterocycles. The summed E-state index contributed by atoms with van der Waals surface area (Å²) in [6.45, 7) is 2.93. The van der Waals surface area contributed by atoms with Crippen molar-refractivity contribution in [3.05, 3.63) is 48.2 Å². The van der Waals surface area contributed by atoms with E-state index in [0.29, 0.717) is 11.9 Å². The predicted octanol–water partition coefficient (Wildman–Crippen LogP) is 4.33. The maximum absolute atomic E-state index is 9.71. The summed E-state index contributed by atoms with van der Waals surface area (Å²) < 4.78 is 1.82. The Kier molecular flexibility index (Phi) is 4.16. The molecule has 0 spiro atoms. The maximum Gasteiger partial charge on any atom is 0.247 e. The summed E-state index contributed by atoms with van der Waals surface area (Å²) in [6, 6.07) is 12.1. The number of nitrogens with zero attached hydrogens (tertiary/aromatic N) is 3. The third-order valence-corrected chi connectivity index (χ3v) is 5.59. The van der Waals surface area contributed by atoms with Gasteiger partial charge in [-0.25, -0.2) is 0 Å². The molecule has 1 fully saturated rings. The highest BCUT2D eigenvalue weighted by Crippen LogP contribution is 2.26. The summed E-state index contributed by atoms with van der Waals surface area (Å²) in [4.78, 5) is 7.88. The van der Waals surface area contributed by atoms with Gasteiger partial charge in [-0.2, -0.15) is 9.50 Å². The van der Waals surface area contributed by atoms with Crippen LogP contribution in [0.1, 0.15) is 27.7 Å². The monoisotopic (exact) mass is 380 g/mol. The van der Waals surface area contributed by atoms with Gasteiger partial charge in [0, 0.05) is 32.2 Å². The third kappa shape index (κ3) is 3.18. The van der Waals surface area contributed by atoms with Gasteiger partial charge >= 0.3 is 0 Å². The fourth-order valence-electron chi connectivity index (χ4n) is 4.05. The minimum absolute atomic E-state index is 0. The standard InChI is InChI=1S/C21H24N6O.2H2/c1-13-11-22-18-10-15(6-8-17(13)18)24-21-25-20-4-2-3-19(27(20)26-21)23-12-14-5-7-16(28)9-14;;/h2-4,6,8,10-11,14,16,22-23,28H,5,7,9,12H2,1H3,(H,24,26);2*1H/t14-,16-;;/m0../s1. The van der Waals surface area contributed by atoms with Crippen molar-refractivity contribution in [1.29, 1.82) is 0 Å². The van der Waals surface area contributed by atoms with Gasteiger partial charge in [0.1, 0.15) is 5.82 Å². The Morgan fingerprint density at radius 1 is 1.29 bits per heavy atom. The molecule has 4 N–H and O–H groups in total. The van der Waals surface area contributed by atoms with Gasteiger partial charge < -0.3 is 20.7 Å². The van der Waals surface area contributed by atoms with Crippen molar-refractivity contribution < 1.29 is 7.96 Å². The number of hydrogen-bond donors (Lipinski definition) is 4. The lowest BCUT2D eigenvalue weighted by Gasteiger charge is -2.12. The molecule has 0 amide bonds. The number of aromatic amines is 1. The molecule has 0 bridgehead atoms. The number of hydrogen-bond acceptors (Lipinski definition) is 5. The topological polar surface area (TPSA) is 90.3 Å². The molecule has 28 heavy (non-hydrogen) atoms. The first-order valence-corrected chi connectivity index (χ1v) is 9.78. The number of anilines is 3. The molecule has 0 saturated heterocycles. The summed E-state index contributed by atoms with van der Waals surface area (Å²) in [5, 5.41) is 22.3. The number of benzene rings is 1. The Morgan fingerprint density at radius 2 is 2.21 bits per heavy atom. The van der Waals surface area contributed by atoms with Gasteiger partial charge in [0.2, 0.25) is 5.95 Å². The summed E-state index contributed by atoms with van der Waals surface area (Å²) in [5.74, 6) is 1.98. The van der Waals surface area contributed by atoms with E-state index in [9.17, 15) is 5.11 Å². The van der Waals surface area contributed by atoms with E-state index in [1.165, 1.54) is 10.9 Å². The zero-order valence-corrected chi connectivity index (χ0v) is 15.8. The zero-order valence-electron chi connectivity index (χ0n) is 15.8. The van der Waals surface area contributed by atoms with Crippen LogP contribution in [-0.2, 0) is 0 Å². The number of aryl methyl sites for hydroxylation is 1. The minimum atomic E-state index is -0.148. The molecule has 148 valence electrons. The van der Waals surface area contributed by atoms with Crippen molar-refractivity contribution in [1.82, 2.24) is 19.6 Å². The van der Waals surface area contributed by atoms with Crippen LogP contribution in [-0.4, -0.2) is 37.3 Å². The number of fused-ring (bicyclic) bond motifs is 2. The molecular formula is C21H28N6O. The van der Waals surface area contributed by atoms with Crippen LogP contribution in [0.4, 0.5) is 17.5 Å². The van der Waals surface area contributed by atoms with Crippen LogP contribution >= 0.6 is 0 Å². The molecule has 5 rings (SSSR count). The van der Waals surface area contributed by atoms with Crippen LogP contribution in [0.25, 0.3) is 16.6 Å². The zero-order chi connectivity index (χ0) is 19.1. The molecule has 1 saturated carbocycles. The molecule has 1 aliphatic rings. The largest absolute Gasteiger partial charge is 0.393 e. The lowest BCUT2D eigenvalue weighted by molar-refractivity contribution is 0.178. The SMILES string of the molecule is Cc1c[nH]c2cc(Nc3nc4cccc(NC[C@H]5CC[C@H](O)C5)n4n3)ccc12.[HH].[HH]. The number of aliphatic hydroxyl groups excluding tert-OH is 1. The first-order valence-electron chi connectivity index (χ1n) is 9.78. The molecule has 0 radical (unpaired) electrons. The third-order valence-electron chi connectivity index (χ3n) is 5.59. The van der Waals surface area contributed by atoms with Crippen LogP contribution in [0.5, 0.6) is 0 Å². The predicted molar refractivity (Wildman–Crippen MR) is 115 cm³/mol. The van der Waals surface area contributed by atoms with Crippen LogP contribution in [0.15, 0.2) is 42.6 Å². The second kappa shape index (κ2) is 6.83. The summed E-state index contributed by atoms with van der Waals surface area (Å²) in [6.07, 6.45) is 4.70. The quantitative estimate of drug-likeness (QED) is 0.414. The van der Waals surface area contributed by atoms with Crippen molar-refractivity contribution in [2.45, 2.75) is 32.3 Å². The van der Waals surface area contributed by atoms with Gasteiger partial charge in [-0.1, -0.05) is 12.1 Å². The van der Waals surface area contributed by atoms with Gasteiger partial charge in [-0.15, -0.1) is 5.10 Å². The smallest absolute Gasteiger partial charge is 0.247 e. The molecule has 1 aliphatic carbocycles. The summed E-state index contributed by atoms with van der Waals surface area (Å²) in [7, 11) is 0. The highest BCUT2D eigenvalue weighted by molar-refractivity contribution is 5.86. The summed E-state index contributed by atoms with van der Waals surface area (Å²) >= 11 is 0. The number of aliphatic hydroxyl groups is 1. The lowest BCUT2D eigenvalue weighted by Crippen LogP contribution is -2.14. The minimum Gasteiger partial charge on any atom is -0.393 e. The average Bonchev–Trinajstić information content (AvgIpc) is 3.39. The Hall–Kier alpha value is -3.06. The van der Waals surface area contributed by atoms with Gasteiger partial charge in [-0.05, 0) is 61.9 Å². The first kappa shape index (κ1) is 17.1. The number of pyridine rings is 1. The fraction of sp³-hybridized carbons (Fsp3) is 0.333. The van der Waals surface area contributed by atoms with E-state index < -0.39 is 0 Å². The lowest BCUT2D eigenvalue weighted by atomic mass is 10.1. The van der Waals surface area contributed by atoms with Crippen molar-refractivity contribution in [2.75, 3.05) is 17.2 Å². The van der Waals surface area contributed by atoms with Crippen LogP contribution < -0.4 is 10.6 Å². The highest BCUT2D eigenvalue weighted by Gasteiger charge is 2.22. The number of H-pyrrole nitrogens is 1. The molecule has 7 nitrogen and oxygen atoms in total. The molecule has 2 atom stereocenters. The van der Waals surface area contributed by atoms with E-state index in [-0.39, 0.29) is 8.96 Å². The second-order valence-corrected chi connectivity index (χ2v) is 7.69. The molecule has 1 aromatic carbocycles. The molecule has 0 unspecified atom stereocenters. The Bertz CT molecular complexity index is 1140. The first-order chi connectivity index (χ1) is 13.7. The summed E-state index contributed by atoms with van der Waals surface area (Å²) in [5.41, 5.74) is 4.06. The molecule has 7 heteroatoms. The van der Waals surface area contributed by atoms with E-state index in [2.05, 4.69) is 44.8 Å². The van der Waals surface area contributed by atoms with Crippen molar-refractivity contribution in [3.8, 4) is 0 Å². The van der Waals surface area contributed by atoms with Crippen molar-refractivity contribution in [3.63, 3.8) is 0 Å². The van der Waals surface area contributed by atoms with Crippen LogP contribution in [0, 0.1) is 12.8 Å². The van der Waals surface area contributed by atoms with E-state index in [4.69, 9.17) is 0 Å². The molecule has 3 heterocycles. The maximum atomic E-state index is 9.71. The number of aromatic nitrogens is 4. The van der Waals surface area contributed by atoms with Gasteiger partial charge in [0.15, 0.2) is 5.65 Å². The highest BCUT2D eigenvalue weighted by atomic mass is 16.3. The van der Waals surface area contributed by atoms with E-state index in [0.717, 1.165) is 48.5 Å². The Labute approximate surface area is 165 Å². The second-order valence-electron chi connectivity index (χ2n) is 7.69. The van der Waals surface area contributed by atoms with Crippen molar-refractivity contribution in [2.24, 2.45) is 5.92 Å². The number of nitrogens with one attached hydrogen (secondary N) is 3. The van der Waals surface area contributed by atoms with Gasteiger partial charge in [-0.3, -0.25) is 0 Å². The molecule has 0 aliphatic heterocycles. The Balaban J connectivity index is 0.00000128. The normalized spacial score (nSPS) is 19.5. The van der Waals surface area contributed by atoms with E-state index >= 15 is 0 Å². The molecule has 4 aromatic rings. The number of rotatable bonds is 5. The van der Waals surface area contributed by atoms with Gasteiger partial charge in [0.25, 0.3) is 0 Å². The van der Waals surface area contributed by atoms with Crippen molar-refractivity contribution >= 4 is 34.0 Å².